The van der Waals surface area contributed by atoms with Crippen molar-refractivity contribution >= 4 is 27.5 Å². The van der Waals surface area contributed by atoms with Gasteiger partial charge in [0.25, 0.3) is 0 Å². The summed E-state index contributed by atoms with van der Waals surface area (Å²) in [4.78, 5) is 12.8. The monoisotopic (exact) mass is 335 g/mol. The van der Waals surface area contributed by atoms with Gasteiger partial charge in [0.05, 0.1) is 6.42 Å². The summed E-state index contributed by atoms with van der Waals surface area (Å²) in [5.74, 6) is 0.00793. The Balaban J connectivity index is 2.11. The van der Waals surface area contributed by atoms with Crippen molar-refractivity contribution in [2.75, 3.05) is 11.9 Å². The Kier molecular flexibility index (Phi) is 3.90. The maximum absolute atomic E-state index is 12.2. The molecule has 0 bridgehead atoms. The minimum atomic E-state index is -4.14. The molecule has 0 fully saturated rings. The largest absolute Gasteiger partial charge is 0.389 e. The highest BCUT2D eigenvalue weighted by atomic mass is 79.9. The van der Waals surface area contributed by atoms with Gasteiger partial charge in [-0.2, -0.15) is 13.2 Å². The van der Waals surface area contributed by atoms with Crippen LogP contribution in [0.15, 0.2) is 18.2 Å². The van der Waals surface area contributed by atoms with Crippen LogP contribution in [0.2, 0.25) is 0 Å². The smallest absolute Gasteiger partial charge is 0.315 e. The third kappa shape index (κ3) is 3.29. The topological polar surface area (TPSA) is 20.3 Å². The van der Waals surface area contributed by atoms with E-state index < -0.39 is 12.6 Å². The molecule has 2 nitrogen and oxygen atoms in total. The van der Waals surface area contributed by atoms with Crippen molar-refractivity contribution < 1.29 is 18.0 Å². The standard InChI is InChI=1S/C13H13BrF3NO/c1-18-11-3-2-8(6-9(11)7-12(18)19)10(14)4-5-13(15,16)17/h2-3,6,10H,4-5,7H2,1H3. The maximum Gasteiger partial charge on any atom is 0.389 e. The second kappa shape index (κ2) is 5.15. The van der Waals surface area contributed by atoms with Gasteiger partial charge in [-0.3, -0.25) is 4.79 Å². The van der Waals surface area contributed by atoms with Gasteiger partial charge in [0.15, 0.2) is 0 Å². The summed E-state index contributed by atoms with van der Waals surface area (Å²) in [6.07, 6.45) is -4.65. The molecular formula is C13H13BrF3NO. The third-order valence-corrected chi connectivity index (χ3v) is 4.21. The summed E-state index contributed by atoms with van der Waals surface area (Å²) in [7, 11) is 1.70. The first-order valence-electron chi connectivity index (χ1n) is 5.88. The Labute approximate surface area is 117 Å². The minimum absolute atomic E-state index is 0.00786. The van der Waals surface area contributed by atoms with E-state index in [1.165, 1.54) is 0 Å². The zero-order chi connectivity index (χ0) is 14.2. The first-order valence-corrected chi connectivity index (χ1v) is 6.80. The molecule has 1 aliphatic heterocycles. The van der Waals surface area contributed by atoms with E-state index in [1.807, 2.05) is 6.07 Å². The lowest BCUT2D eigenvalue weighted by Crippen LogP contribution is -2.20. The predicted molar refractivity (Wildman–Crippen MR) is 70.5 cm³/mol. The van der Waals surface area contributed by atoms with Gasteiger partial charge >= 0.3 is 6.18 Å². The number of halogens is 4. The van der Waals surface area contributed by atoms with Gasteiger partial charge in [-0.25, -0.2) is 0 Å². The number of nitrogens with zero attached hydrogens (tertiary/aromatic N) is 1. The molecule has 1 aromatic carbocycles. The number of carbonyl (C=O) groups is 1. The Morgan fingerprint density at radius 3 is 2.74 bits per heavy atom. The molecule has 1 atom stereocenters. The number of anilines is 1. The van der Waals surface area contributed by atoms with E-state index in [9.17, 15) is 18.0 Å². The fourth-order valence-corrected chi connectivity index (χ4v) is 2.66. The SMILES string of the molecule is CN1C(=O)Cc2cc(C(Br)CCC(F)(F)F)ccc21. The van der Waals surface area contributed by atoms with Gasteiger partial charge in [0, 0.05) is 24.0 Å². The lowest BCUT2D eigenvalue weighted by Gasteiger charge is -2.14. The molecule has 0 aromatic heterocycles. The minimum Gasteiger partial charge on any atom is -0.315 e. The highest BCUT2D eigenvalue weighted by Crippen LogP contribution is 2.36. The lowest BCUT2D eigenvalue weighted by atomic mass is 10.0. The van der Waals surface area contributed by atoms with E-state index in [1.54, 1.807) is 24.1 Å². The zero-order valence-corrected chi connectivity index (χ0v) is 11.9. The van der Waals surface area contributed by atoms with E-state index in [0.717, 1.165) is 16.8 Å². The van der Waals surface area contributed by atoms with Crippen LogP contribution in [0.25, 0.3) is 0 Å². The Hall–Kier alpha value is -1.04. The van der Waals surface area contributed by atoms with Crippen molar-refractivity contribution in [1.82, 2.24) is 0 Å². The molecule has 0 radical (unpaired) electrons. The number of rotatable bonds is 3. The van der Waals surface area contributed by atoms with Gasteiger partial charge in [0.1, 0.15) is 0 Å². The van der Waals surface area contributed by atoms with Crippen LogP contribution in [0.3, 0.4) is 0 Å². The summed E-state index contributed by atoms with van der Waals surface area (Å²) >= 11 is 3.28. The third-order valence-electron chi connectivity index (χ3n) is 3.22. The number of alkyl halides is 4. The molecule has 104 valence electrons. The van der Waals surface area contributed by atoms with Gasteiger partial charge in [-0.05, 0) is 23.6 Å². The van der Waals surface area contributed by atoms with E-state index in [4.69, 9.17) is 0 Å². The highest BCUT2D eigenvalue weighted by molar-refractivity contribution is 9.09. The Morgan fingerprint density at radius 1 is 1.42 bits per heavy atom. The molecule has 2 rings (SSSR count). The molecule has 0 N–H and O–H groups in total. The van der Waals surface area contributed by atoms with E-state index in [-0.39, 0.29) is 17.2 Å². The number of fused-ring (bicyclic) bond motifs is 1. The molecule has 1 heterocycles. The van der Waals surface area contributed by atoms with Crippen molar-refractivity contribution in [1.29, 1.82) is 0 Å². The average molecular weight is 336 g/mol. The van der Waals surface area contributed by atoms with Crippen molar-refractivity contribution in [3.05, 3.63) is 29.3 Å². The molecule has 0 spiro atoms. The molecule has 19 heavy (non-hydrogen) atoms. The lowest BCUT2D eigenvalue weighted by molar-refractivity contribution is -0.135. The predicted octanol–water partition coefficient (Wildman–Crippen LogP) is 3.98. The van der Waals surface area contributed by atoms with Crippen LogP contribution in [0.4, 0.5) is 18.9 Å². The quantitative estimate of drug-likeness (QED) is 0.765. The highest BCUT2D eigenvalue weighted by Gasteiger charge is 2.29. The Morgan fingerprint density at radius 2 is 2.11 bits per heavy atom. The fraction of sp³-hybridized carbons (Fsp3) is 0.462. The van der Waals surface area contributed by atoms with Gasteiger partial charge in [-0.15, -0.1) is 0 Å². The molecular weight excluding hydrogens is 323 g/mol. The molecule has 0 aliphatic carbocycles. The molecule has 1 aromatic rings. The first-order chi connectivity index (χ1) is 8.78. The molecule has 1 amide bonds. The zero-order valence-electron chi connectivity index (χ0n) is 10.3. The van der Waals surface area contributed by atoms with Crippen LogP contribution in [0, 0.1) is 0 Å². The van der Waals surface area contributed by atoms with Crippen LogP contribution < -0.4 is 4.90 Å². The molecule has 1 aliphatic rings. The van der Waals surface area contributed by atoms with Crippen LogP contribution in [0.5, 0.6) is 0 Å². The maximum atomic E-state index is 12.2. The second-order valence-corrected chi connectivity index (χ2v) is 5.74. The summed E-state index contributed by atoms with van der Waals surface area (Å²) in [6.45, 7) is 0. The van der Waals surface area contributed by atoms with E-state index in [2.05, 4.69) is 15.9 Å². The van der Waals surface area contributed by atoms with Gasteiger partial charge < -0.3 is 4.90 Å². The van der Waals surface area contributed by atoms with Crippen molar-refractivity contribution in [3.8, 4) is 0 Å². The molecule has 6 heteroatoms. The Bertz CT molecular complexity index is 501. The molecule has 1 unspecified atom stereocenters. The van der Waals surface area contributed by atoms with Gasteiger partial charge in [-0.1, -0.05) is 28.1 Å². The van der Waals surface area contributed by atoms with E-state index >= 15 is 0 Å². The van der Waals surface area contributed by atoms with Crippen LogP contribution >= 0.6 is 15.9 Å². The van der Waals surface area contributed by atoms with Gasteiger partial charge in [0.2, 0.25) is 5.91 Å². The normalized spacial score (nSPS) is 16.7. The fourth-order valence-electron chi connectivity index (χ4n) is 2.14. The number of hydrogen-bond acceptors (Lipinski definition) is 1. The summed E-state index contributed by atoms with van der Waals surface area (Å²) < 4.78 is 36.5. The summed E-state index contributed by atoms with van der Waals surface area (Å²) in [5, 5.41) is 0. The van der Waals surface area contributed by atoms with Crippen molar-refractivity contribution in [2.45, 2.75) is 30.3 Å². The molecule has 0 saturated carbocycles. The number of benzene rings is 1. The van der Waals surface area contributed by atoms with Crippen LogP contribution in [-0.4, -0.2) is 19.1 Å². The number of carbonyl (C=O) groups excluding carboxylic acids is 1. The summed E-state index contributed by atoms with van der Waals surface area (Å²) in [6, 6.07) is 5.37. The van der Waals surface area contributed by atoms with Crippen molar-refractivity contribution in [2.24, 2.45) is 0 Å². The number of likely N-dealkylation sites (N-methyl/N-ethyl adjacent to an activating group) is 1. The summed E-state index contributed by atoms with van der Waals surface area (Å²) in [5.41, 5.74) is 2.50. The van der Waals surface area contributed by atoms with Crippen LogP contribution in [0.1, 0.15) is 28.8 Å². The average Bonchev–Trinajstić information content (AvgIpc) is 2.61. The number of hydrogen-bond donors (Lipinski definition) is 0. The van der Waals surface area contributed by atoms with Crippen molar-refractivity contribution in [3.63, 3.8) is 0 Å². The number of amides is 1. The first kappa shape index (κ1) is 14.4. The van der Waals surface area contributed by atoms with Crippen LogP contribution in [-0.2, 0) is 11.2 Å². The molecule has 0 saturated heterocycles. The van der Waals surface area contributed by atoms with E-state index in [0.29, 0.717) is 6.42 Å². The second-order valence-electron chi connectivity index (χ2n) is 4.64.